The van der Waals surface area contributed by atoms with Crippen LogP contribution in [0.5, 0.6) is 0 Å². The Bertz CT molecular complexity index is 444. The van der Waals surface area contributed by atoms with Gasteiger partial charge in [0.15, 0.2) is 0 Å². The Labute approximate surface area is 123 Å². The van der Waals surface area contributed by atoms with Gasteiger partial charge in [0.05, 0.1) is 11.7 Å². The number of hydrogen-bond donors (Lipinski definition) is 1. The van der Waals surface area contributed by atoms with Crippen molar-refractivity contribution in [2.75, 3.05) is 7.11 Å². The Morgan fingerprint density at radius 1 is 1.14 bits per heavy atom. The molecular weight excluding hydrogens is 279 g/mol. The second-order valence-corrected chi connectivity index (χ2v) is 5.67. The molecular formula is C16H22F3NO. The van der Waals surface area contributed by atoms with Gasteiger partial charge in [-0.25, -0.2) is 0 Å². The molecule has 1 aromatic rings. The highest BCUT2D eigenvalue weighted by Crippen LogP contribution is 2.30. The quantitative estimate of drug-likeness (QED) is 0.894. The van der Waals surface area contributed by atoms with Gasteiger partial charge < -0.3 is 10.1 Å². The molecule has 1 aliphatic carbocycles. The second-order valence-electron chi connectivity index (χ2n) is 5.67. The van der Waals surface area contributed by atoms with E-state index in [9.17, 15) is 13.2 Å². The highest BCUT2D eigenvalue weighted by atomic mass is 19.4. The van der Waals surface area contributed by atoms with Crippen molar-refractivity contribution in [3.05, 3.63) is 35.4 Å². The molecule has 0 bridgehead atoms. The number of alkyl halides is 3. The standard InChI is InChI=1S/C16H22F3NO/c1-11(20-14-5-3-4-6-15(14)21-2)12-7-9-13(10-8-12)16(17,18)19/h7-11,14-15,20H,3-6H2,1-2H3. The van der Waals surface area contributed by atoms with E-state index in [0.717, 1.165) is 37.0 Å². The van der Waals surface area contributed by atoms with Crippen LogP contribution in [0.1, 0.15) is 49.8 Å². The average Bonchev–Trinajstić information content (AvgIpc) is 2.47. The Hall–Kier alpha value is -1.07. The van der Waals surface area contributed by atoms with Crippen LogP contribution >= 0.6 is 0 Å². The minimum absolute atomic E-state index is 0.00744. The van der Waals surface area contributed by atoms with E-state index < -0.39 is 11.7 Å². The summed E-state index contributed by atoms with van der Waals surface area (Å²) in [5.41, 5.74) is 0.259. The summed E-state index contributed by atoms with van der Waals surface area (Å²) in [6, 6.07) is 5.65. The normalized spacial score (nSPS) is 24.8. The van der Waals surface area contributed by atoms with Gasteiger partial charge >= 0.3 is 6.18 Å². The minimum atomic E-state index is -4.28. The molecule has 1 saturated carbocycles. The third kappa shape index (κ3) is 4.20. The molecule has 0 aromatic heterocycles. The van der Waals surface area contributed by atoms with Crippen molar-refractivity contribution in [1.29, 1.82) is 0 Å². The van der Waals surface area contributed by atoms with Gasteiger partial charge in [0.1, 0.15) is 0 Å². The summed E-state index contributed by atoms with van der Waals surface area (Å²) in [4.78, 5) is 0. The van der Waals surface area contributed by atoms with E-state index in [1.807, 2.05) is 6.92 Å². The molecule has 3 atom stereocenters. The predicted octanol–water partition coefficient (Wildman–Crippen LogP) is 4.31. The molecule has 1 aromatic carbocycles. The highest BCUT2D eigenvalue weighted by Gasteiger charge is 2.30. The van der Waals surface area contributed by atoms with Crippen molar-refractivity contribution in [3.8, 4) is 0 Å². The number of rotatable bonds is 4. The molecule has 3 unspecified atom stereocenters. The smallest absolute Gasteiger partial charge is 0.380 e. The molecule has 1 aliphatic rings. The fourth-order valence-electron chi connectivity index (χ4n) is 2.95. The first-order chi connectivity index (χ1) is 9.91. The molecule has 2 rings (SSSR count). The first kappa shape index (κ1) is 16.3. The molecule has 21 heavy (non-hydrogen) atoms. The van der Waals surface area contributed by atoms with Crippen molar-refractivity contribution in [2.24, 2.45) is 0 Å². The van der Waals surface area contributed by atoms with E-state index in [-0.39, 0.29) is 18.2 Å². The lowest BCUT2D eigenvalue weighted by molar-refractivity contribution is -0.137. The lowest BCUT2D eigenvalue weighted by atomic mass is 9.91. The summed E-state index contributed by atoms with van der Waals surface area (Å²) in [5.74, 6) is 0. The molecule has 0 saturated heterocycles. The maximum absolute atomic E-state index is 12.6. The van der Waals surface area contributed by atoms with Gasteiger partial charge in [-0.3, -0.25) is 0 Å². The van der Waals surface area contributed by atoms with E-state index >= 15 is 0 Å². The summed E-state index contributed by atoms with van der Waals surface area (Å²) >= 11 is 0. The Morgan fingerprint density at radius 3 is 2.33 bits per heavy atom. The fraction of sp³-hybridized carbons (Fsp3) is 0.625. The Morgan fingerprint density at radius 2 is 1.76 bits per heavy atom. The SMILES string of the molecule is COC1CCCCC1NC(C)c1ccc(C(F)(F)F)cc1. The lowest BCUT2D eigenvalue weighted by Crippen LogP contribution is -2.44. The fourth-order valence-corrected chi connectivity index (χ4v) is 2.95. The van der Waals surface area contributed by atoms with E-state index in [0.29, 0.717) is 0 Å². The Balaban J connectivity index is 2.01. The van der Waals surface area contributed by atoms with Gasteiger partial charge in [-0.1, -0.05) is 25.0 Å². The van der Waals surface area contributed by atoms with Gasteiger partial charge in [-0.15, -0.1) is 0 Å². The second kappa shape index (κ2) is 6.79. The van der Waals surface area contributed by atoms with Crippen LogP contribution in [0.25, 0.3) is 0 Å². The third-order valence-electron chi connectivity index (χ3n) is 4.21. The maximum Gasteiger partial charge on any atom is 0.416 e. The van der Waals surface area contributed by atoms with E-state index in [2.05, 4.69) is 5.32 Å². The first-order valence-corrected chi connectivity index (χ1v) is 7.38. The summed E-state index contributed by atoms with van der Waals surface area (Å²) < 4.78 is 43.2. The lowest BCUT2D eigenvalue weighted by Gasteiger charge is -2.33. The number of halogens is 3. The van der Waals surface area contributed by atoms with Crippen molar-refractivity contribution in [2.45, 2.75) is 57.0 Å². The number of methoxy groups -OCH3 is 1. The molecule has 0 amide bonds. The molecule has 0 aliphatic heterocycles. The highest BCUT2D eigenvalue weighted by molar-refractivity contribution is 5.26. The molecule has 1 N–H and O–H groups in total. The van der Waals surface area contributed by atoms with E-state index in [1.54, 1.807) is 19.2 Å². The molecule has 2 nitrogen and oxygen atoms in total. The third-order valence-corrected chi connectivity index (χ3v) is 4.21. The molecule has 118 valence electrons. The number of benzene rings is 1. The maximum atomic E-state index is 12.6. The molecule has 5 heteroatoms. The van der Waals surface area contributed by atoms with Crippen molar-refractivity contribution in [3.63, 3.8) is 0 Å². The topological polar surface area (TPSA) is 21.3 Å². The monoisotopic (exact) mass is 301 g/mol. The van der Waals surface area contributed by atoms with Crippen LogP contribution < -0.4 is 5.32 Å². The van der Waals surface area contributed by atoms with Gasteiger partial charge in [0.2, 0.25) is 0 Å². The zero-order chi connectivity index (χ0) is 15.5. The Kier molecular flexibility index (Phi) is 5.27. The zero-order valence-electron chi connectivity index (χ0n) is 12.4. The van der Waals surface area contributed by atoms with Crippen LogP contribution in [0.4, 0.5) is 13.2 Å². The first-order valence-electron chi connectivity index (χ1n) is 7.38. The average molecular weight is 301 g/mol. The summed E-state index contributed by atoms with van der Waals surface area (Å²) in [5, 5.41) is 3.49. The summed E-state index contributed by atoms with van der Waals surface area (Å²) in [7, 11) is 1.72. The van der Waals surface area contributed by atoms with Gasteiger partial charge in [0.25, 0.3) is 0 Å². The molecule has 0 spiro atoms. The van der Waals surface area contributed by atoms with Crippen LogP contribution in [0, 0.1) is 0 Å². The van der Waals surface area contributed by atoms with Crippen molar-refractivity contribution in [1.82, 2.24) is 5.32 Å². The van der Waals surface area contributed by atoms with Crippen LogP contribution in [0.2, 0.25) is 0 Å². The van der Waals surface area contributed by atoms with Crippen molar-refractivity contribution >= 4 is 0 Å². The largest absolute Gasteiger partial charge is 0.416 e. The molecule has 0 heterocycles. The number of nitrogens with one attached hydrogen (secondary N) is 1. The molecule has 0 radical (unpaired) electrons. The summed E-state index contributed by atoms with van der Waals surface area (Å²) in [6.07, 6.45) is 0.329. The zero-order valence-corrected chi connectivity index (χ0v) is 12.4. The van der Waals surface area contributed by atoms with E-state index in [4.69, 9.17) is 4.74 Å². The molecule has 1 fully saturated rings. The minimum Gasteiger partial charge on any atom is -0.380 e. The summed E-state index contributed by atoms with van der Waals surface area (Å²) in [6.45, 7) is 1.98. The van der Waals surface area contributed by atoms with Crippen LogP contribution in [-0.2, 0) is 10.9 Å². The predicted molar refractivity (Wildman–Crippen MR) is 76.0 cm³/mol. The number of ether oxygens (including phenoxy) is 1. The van der Waals surface area contributed by atoms with Crippen molar-refractivity contribution < 1.29 is 17.9 Å². The van der Waals surface area contributed by atoms with Crippen LogP contribution in [0.3, 0.4) is 0 Å². The van der Waals surface area contributed by atoms with Gasteiger partial charge in [0, 0.05) is 19.2 Å². The van der Waals surface area contributed by atoms with E-state index in [1.165, 1.54) is 6.42 Å². The van der Waals surface area contributed by atoms with Crippen LogP contribution in [0.15, 0.2) is 24.3 Å². The van der Waals surface area contributed by atoms with Crippen LogP contribution in [-0.4, -0.2) is 19.3 Å². The van der Waals surface area contributed by atoms with Gasteiger partial charge in [-0.05, 0) is 37.5 Å². The number of hydrogen-bond acceptors (Lipinski definition) is 2. The van der Waals surface area contributed by atoms with Gasteiger partial charge in [-0.2, -0.15) is 13.2 Å².